The second-order valence-electron chi connectivity index (χ2n) is 5.26. The number of hydrogen-bond acceptors (Lipinski definition) is 5. The number of aromatic nitrogens is 2. The van der Waals surface area contributed by atoms with Gasteiger partial charge in [0.15, 0.2) is 5.69 Å². The summed E-state index contributed by atoms with van der Waals surface area (Å²) >= 11 is 0. The van der Waals surface area contributed by atoms with Crippen molar-refractivity contribution < 1.29 is 9.53 Å². The highest BCUT2D eigenvalue weighted by Crippen LogP contribution is 2.09. The largest absolute Gasteiger partial charge is 0.396 e. The van der Waals surface area contributed by atoms with Gasteiger partial charge in [-0.15, -0.1) is 0 Å². The van der Waals surface area contributed by atoms with Gasteiger partial charge in [-0.2, -0.15) is 5.10 Å². The predicted molar refractivity (Wildman–Crippen MR) is 81.1 cm³/mol. The summed E-state index contributed by atoms with van der Waals surface area (Å²) in [6.45, 7) is 8.00. The number of nitrogens with zero attached hydrogens (tertiary/aromatic N) is 3. The minimum atomic E-state index is -0.190. The van der Waals surface area contributed by atoms with E-state index in [0.29, 0.717) is 17.9 Å². The predicted octanol–water partition coefficient (Wildman–Crippen LogP) is 0.327. The van der Waals surface area contributed by atoms with Crippen LogP contribution in [0.25, 0.3) is 0 Å². The van der Waals surface area contributed by atoms with Crippen LogP contribution in [0.5, 0.6) is 0 Å². The van der Waals surface area contributed by atoms with Crippen molar-refractivity contribution in [1.82, 2.24) is 20.0 Å². The molecule has 1 fully saturated rings. The number of rotatable bonds is 7. The van der Waals surface area contributed by atoms with E-state index >= 15 is 0 Å². The first kappa shape index (κ1) is 15.8. The Morgan fingerprint density at radius 2 is 2.19 bits per heavy atom. The maximum Gasteiger partial charge on any atom is 0.273 e. The number of anilines is 1. The van der Waals surface area contributed by atoms with Crippen LogP contribution in [0.2, 0.25) is 0 Å². The van der Waals surface area contributed by atoms with Crippen molar-refractivity contribution in [3.8, 4) is 0 Å². The second kappa shape index (κ2) is 7.99. The van der Waals surface area contributed by atoms with Crippen LogP contribution in [0.1, 0.15) is 30.3 Å². The van der Waals surface area contributed by atoms with Crippen LogP contribution in [-0.4, -0.2) is 60.0 Å². The van der Waals surface area contributed by atoms with Gasteiger partial charge in [0.2, 0.25) is 0 Å². The molecular weight excluding hydrogens is 270 g/mol. The highest BCUT2D eigenvalue weighted by molar-refractivity contribution is 5.96. The van der Waals surface area contributed by atoms with E-state index < -0.39 is 0 Å². The Bertz CT molecular complexity index is 454. The number of nitrogen functional groups attached to an aromatic ring is 1. The lowest BCUT2D eigenvalue weighted by molar-refractivity contribution is 0.0374. The zero-order valence-corrected chi connectivity index (χ0v) is 12.7. The lowest BCUT2D eigenvalue weighted by Crippen LogP contribution is -2.38. The van der Waals surface area contributed by atoms with E-state index in [1.807, 2.05) is 0 Å². The van der Waals surface area contributed by atoms with Crippen LogP contribution in [-0.2, 0) is 11.3 Å². The summed E-state index contributed by atoms with van der Waals surface area (Å²) < 4.78 is 7.02. The molecule has 118 valence electrons. The molecule has 0 aliphatic carbocycles. The molecule has 2 heterocycles. The van der Waals surface area contributed by atoms with E-state index in [2.05, 4.69) is 22.2 Å². The number of aryl methyl sites for hydroxylation is 1. The fourth-order valence-electron chi connectivity index (χ4n) is 2.37. The van der Waals surface area contributed by atoms with Crippen molar-refractivity contribution in [2.75, 3.05) is 45.1 Å². The Morgan fingerprint density at radius 3 is 2.90 bits per heavy atom. The number of carbonyl (C=O) groups excluding carboxylic acids is 1. The van der Waals surface area contributed by atoms with Crippen LogP contribution >= 0.6 is 0 Å². The molecule has 1 aromatic heterocycles. The number of carbonyl (C=O) groups is 1. The Morgan fingerprint density at radius 1 is 1.43 bits per heavy atom. The molecule has 1 aliphatic heterocycles. The van der Waals surface area contributed by atoms with Crippen LogP contribution in [0.15, 0.2) is 6.20 Å². The summed E-state index contributed by atoms with van der Waals surface area (Å²) in [7, 11) is 0. The Labute approximate surface area is 125 Å². The second-order valence-corrected chi connectivity index (χ2v) is 5.26. The standard InChI is InChI=1S/C14H25N5O2/c1-2-5-19-11-12(15)13(17-19)14(20)16-4-3-6-18-7-9-21-10-8-18/h11H,2-10,15H2,1H3,(H,16,20). The number of hydrogen-bond donors (Lipinski definition) is 2. The van der Waals surface area contributed by atoms with Crippen LogP contribution in [0.3, 0.4) is 0 Å². The average Bonchev–Trinajstić information content (AvgIpc) is 2.86. The van der Waals surface area contributed by atoms with E-state index in [1.54, 1.807) is 10.9 Å². The van der Waals surface area contributed by atoms with Gasteiger partial charge in [-0.1, -0.05) is 6.92 Å². The van der Waals surface area contributed by atoms with E-state index in [1.165, 1.54) is 0 Å². The molecular formula is C14H25N5O2. The summed E-state index contributed by atoms with van der Waals surface area (Å²) in [5.41, 5.74) is 6.59. The molecule has 1 aromatic rings. The average molecular weight is 295 g/mol. The van der Waals surface area contributed by atoms with E-state index in [4.69, 9.17) is 10.5 Å². The molecule has 0 spiro atoms. The highest BCUT2D eigenvalue weighted by atomic mass is 16.5. The van der Waals surface area contributed by atoms with Crippen molar-refractivity contribution in [2.24, 2.45) is 0 Å². The molecule has 2 rings (SSSR count). The summed E-state index contributed by atoms with van der Waals surface area (Å²) in [6, 6.07) is 0. The zero-order chi connectivity index (χ0) is 15.1. The van der Waals surface area contributed by atoms with Crippen LogP contribution < -0.4 is 11.1 Å². The van der Waals surface area contributed by atoms with Gasteiger partial charge in [0.25, 0.3) is 5.91 Å². The van der Waals surface area contributed by atoms with Crippen LogP contribution in [0, 0.1) is 0 Å². The van der Waals surface area contributed by atoms with Gasteiger partial charge in [0, 0.05) is 32.4 Å². The molecule has 0 saturated carbocycles. The number of ether oxygens (including phenoxy) is 1. The van der Waals surface area contributed by atoms with Crippen molar-refractivity contribution in [1.29, 1.82) is 0 Å². The van der Waals surface area contributed by atoms with Gasteiger partial charge in [-0.3, -0.25) is 14.4 Å². The Hall–Kier alpha value is -1.60. The lowest BCUT2D eigenvalue weighted by Gasteiger charge is -2.26. The molecule has 0 atom stereocenters. The monoisotopic (exact) mass is 295 g/mol. The van der Waals surface area contributed by atoms with Gasteiger partial charge >= 0.3 is 0 Å². The minimum absolute atomic E-state index is 0.190. The normalized spacial score (nSPS) is 16.0. The molecule has 1 saturated heterocycles. The number of nitrogens with one attached hydrogen (secondary N) is 1. The van der Waals surface area contributed by atoms with Crippen LogP contribution in [0.4, 0.5) is 5.69 Å². The third-order valence-corrected chi connectivity index (χ3v) is 3.50. The third-order valence-electron chi connectivity index (χ3n) is 3.50. The van der Waals surface area contributed by atoms with E-state index in [0.717, 1.165) is 52.2 Å². The quantitative estimate of drug-likeness (QED) is 0.708. The Balaban J connectivity index is 1.71. The molecule has 0 aromatic carbocycles. The number of nitrogens with two attached hydrogens (primary N) is 1. The first-order valence-electron chi connectivity index (χ1n) is 7.62. The van der Waals surface area contributed by atoms with Crippen molar-refractivity contribution in [2.45, 2.75) is 26.3 Å². The van der Waals surface area contributed by atoms with E-state index in [-0.39, 0.29) is 5.91 Å². The van der Waals surface area contributed by atoms with Gasteiger partial charge in [0.1, 0.15) is 0 Å². The molecule has 7 nitrogen and oxygen atoms in total. The highest BCUT2D eigenvalue weighted by Gasteiger charge is 2.14. The third kappa shape index (κ3) is 4.71. The fourth-order valence-corrected chi connectivity index (χ4v) is 2.37. The smallest absolute Gasteiger partial charge is 0.273 e. The van der Waals surface area contributed by atoms with Gasteiger partial charge < -0.3 is 15.8 Å². The van der Waals surface area contributed by atoms with Crippen molar-refractivity contribution in [3.05, 3.63) is 11.9 Å². The fraction of sp³-hybridized carbons (Fsp3) is 0.714. The summed E-state index contributed by atoms with van der Waals surface area (Å²) in [5, 5.41) is 7.10. The Kier molecular flexibility index (Phi) is 6.01. The minimum Gasteiger partial charge on any atom is -0.396 e. The van der Waals surface area contributed by atoms with Gasteiger partial charge in [-0.05, 0) is 19.4 Å². The topological polar surface area (TPSA) is 85.4 Å². The molecule has 0 unspecified atom stereocenters. The maximum absolute atomic E-state index is 12.0. The zero-order valence-electron chi connectivity index (χ0n) is 12.7. The number of amides is 1. The van der Waals surface area contributed by atoms with Crippen molar-refractivity contribution in [3.63, 3.8) is 0 Å². The van der Waals surface area contributed by atoms with Gasteiger partial charge in [-0.25, -0.2) is 0 Å². The summed E-state index contributed by atoms with van der Waals surface area (Å²) in [4.78, 5) is 14.4. The number of morpholine rings is 1. The summed E-state index contributed by atoms with van der Waals surface area (Å²) in [6.07, 6.45) is 3.59. The molecule has 1 amide bonds. The molecule has 0 radical (unpaired) electrons. The SMILES string of the molecule is CCCn1cc(N)c(C(=O)NCCCN2CCOCC2)n1. The maximum atomic E-state index is 12.0. The molecule has 1 aliphatic rings. The summed E-state index contributed by atoms with van der Waals surface area (Å²) in [5.74, 6) is -0.190. The lowest BCUT2D eigenvalue weighted by atomic mass is 10.3. The first-order valence-corrected chi connectivity index (χ1v) is 7.62. The van der Waals surface area contributed by atoms with Crippen molar-refractivity contribution >= 4 is 11.6 Å². The molecule has 7 heteroatoms. The molecule has 21 heavy (non-hydrogen) atoms. The first-order chi connectivity index (χ1) is 10.2. The van der Waals surface area contributed by atoms with E-state index in [9.17, 15) is 4.79 Å². The van der Waals surface area contributed by atoms with Gasteiger partial charge in [0.05, 0.1) is 18.9 Å². The molecule has 0 bridgehead atoms. The molecule has 3 N–H and O–H groups in total.